The molecule has 0 radical (unpaired) electrons. The predicted octanol–water partition coefficient (Wildman–Crippen LogP) is 4.78. The topological polar surface area (TPSA) is 101 Å². The van der Waals surface area contributed by atoms with Gasteiger partial charge in [-0.3, -0.25) is 10.1 Å². The maximum atomic E-state index is 9.93. The number of aryl methyl sites for hydroxylation is 1. The number of hydrogen-bond acceptors (Lipinski definition) is 6. The van der Waals surface area contributed by atoms with Crippen LogP contribution in [-0.2, 0) is 5.75 Å². The Kier molecular flexibility index (Phi) is 4.85. The zero-order valence-electron chi connectivity index (χ0n) is 16.8. The SMILES string of the molecule is Cc1ccc(SCc2[nH]nc3c2[C@H](c2ccnc4ccccc24)C(C#N)=C(N)O3)cc1. The van der Waals surface area contributed by atoms with Gasteiger partial charge in [0.2, 0.25) is 11.8 Å². The number of thioether (sulfide) groups is 1. The lowest BCUT2D eigenvalue weighted by molar-refractivity contribution is 0.379. The van der Waals surface area contributed by atoms with Gasteiger partial charge in [-0.15, -0.1) is 16.9 Å². The van der Waals surface area contributed by atoms with Crippen molar-refractivity contribution in [3.8, 4) is 11.9 Å². The second kappa shape index (κ2) is 7.82. The number of hydrogen-bond donors (Lipinski definition) is 2. The molecule has 1 atom stereocenters. The molecule has 0 saturated heterocycles. The van der Waals surface area contributed by atoms with Gasteiger partial charge in [-0.2, -0.15) is 5.26 Å². The molecule has 0 fully saturated rings. The Labute approximate surface area is 183 Å². The Morgan fingerprint density at radius 1 is 1.16 bits per heavy atom. The number of benzene rings is 2. The average molecular weight is 426 g/mol. The number of pyridine rings is 1. The lowest BCUT2D eigenvalue weighted by Crippen LogP contribution is -2.21. The van der Waals surface area contributed by atoms with E-state index in [0.29, 0.717) is 17.2 Å². The summed E-state index contributed by atoms with van der Waals surface area (Å²) < 4.78 is 5.72. The van der Waals surface area contributed by atoms with Crippen LogP contribution in [-0.4, -0.2) is 15.2 Å². The normalized spacial score (nSPS) is 15.4. The first-order valence-corrected chi connectivity index (χ1v) is 10.8. The van der Waals surface area contributed by atoms with Gasteiger partial charge in [0.05, 0.1) is 22.7 Å². The largest absolute Gasteiger partial charge is 0.420 e. The number of aromatic nitrogens is 3. The van der Waals surface area contributed by atoms with Crippen LogP contribution in [0.2, 0.25) is 0 Å². The smallest absolute Gasteiger partial charge is 0.244 e. The minimum Gasteiger partial charge on any atom is -0.420 e. The third kappa shape index (κ3) is 3.41. The molecule has 1 aliphatic heterocycles. The van der Waals surface area contributed by atoms with Crippen LogP contribution in [0.4, 0.5) is 0 Å². The highest BCUT2D eigenvalue weighted by Crippen LogP contribution is 2.45. The Morgan fingerprint density at radius 3 is 2.77 bits per heavy atom. The molecule has 2 aromatic heterocycles. The Hall–Kier alpha value is -3.76. The summed E-state index contributed by atoms with van der Waals surface area (Å²) >= 11 is 1.70. The van der Waals surface area contributed by atoms with Crippen molar-refractivity contribution < 1.29 is 4.74 Å². The highest BCUT2D eigenvalue weighted by molar-refractivity contribution is 7.98. The van der Waals surface area contributed by atoms with E-state index in [9.17, 15) is 5.26 Å². The molecule has 0 aliphatic carbocycles. The third-order valence-corrected chi connectivity index (χ3v) is 6.45. The van der Waals surface area contributed by atoms with Crippen molar-refractivity contribution in [2.45, 2.75) is 23.5 Å². The predicted molar refractivity (Wildman–Crippen MR) is 120 cm³/mol. The van der Waals surface area contributed by atoms with Gasteiger partial charge in [0.25, 0.3) is 0 Å². The first kappa shape index (κ1) is 19.2. The molecule has 1 aliphatic rings. The molecule has 0 spiro atoms. The Balaban J connectivity index is 1.61. The summed E-state index contributed by atoms with van der Waals surface area (Å²) in [6, 6.07) is 20.5. The van der Waals surface area contributed by atoms with E-state index in [1.54, 1.807) is 18.0 Å². The molecule has 4 aromatic rings. The second-order valence-corrected chi connectivity index (χ2v) is 8.41. The van der Waals surface area contributed by atoms with E-state index in [1.807, 2.05) is 30.3 Å². The standard InChI is InChI=1S/C24H19N5OS/c1-14-6-8-15(9-7-14)31-13-20-22-21(18(12-25)23(26)30-24(22)29-28-20)17-10-11-27-19-5-3-2-4-16(17)19/h2-11,21H,13,26H2,1H3,(H,28,29)/t21-/m1/s1. The van der Waals surface area contributed by atoms with Crippen LogP contribution in [0, 0.1) is 18.3 Å². The molecule has 0 amide bonds. The molecule has 2 aromatic carbocycles. The lowest BCUT2D eigenvalue weighted by Gasteiger charge is -2.25. The molecule has 0 saturated carbocycles. The van der Waals surface area contributed by atoms with Crippen molar-refractivity contribution in [3.05, 3.63) is 94.6 Å². The highest BCUT2D eigenvalue weighted by Gasteiger charge is 2.36. The van der Waals surface area contributed by atoms with Gasteiger partial charge in [0.1, 0.15) is 11.6 Å². The summed E-state index contributed by atoms with van der Waals surface area (Å²) in [5, 5.41) is 18.4. The molecule has 0 unspecified atom stereocenters. The zero-order valence-corrected chi connectivity index (χ0v) is 17.6. The van der Waals surface area contributed by atoms with Crippen LogP contribution in [0.15, 0.2) is 77.1 Å². The second-order valence-electron chi connectivity index (χ2n) is 7.36. The fourth-order valence-corrected chi connectivity index (χ4v) is 4.75. The fourth-order valence-electron chi connectivity index (χ4n) is 3.89. The molecule has 152 valence electrons. The molecule has 6 nitrogen and oxygen atoms in total. The maximum absolute atomic E-state index is 9.93. The number of rotatable bonds is 4. The number of nitriles is 1. The van der Waals surface area contributed by atoms with E-state index in [0.717, 1.165) is 32.6 Å². The molecule has 3 heterocycles. The van der Waals surface area contributed by atoms with Gasteiger partial charge >= 0.3 is 0 Å². The van der Waals surface area contributed by atoms with Gasteiger partial charge in [0.15, 0.2) is 0 Å². The number of H-pyrrole nitrogens is 1. The van der Waals surface area contributed by atoms with Crippen LogP contribution in [0.3, 0.4) is 0 Å². The monoisotopic (exact) mass is 425 g/mol. The number of nitrogens with one attached hydrogen (secondary N) is 1. The van der Waals surface area contributed by atoms with Crippen molar-refractivity contribution in [2.75, 3.05) is 0 Å². The number of nitrogens with zero attached hydrogens (tertiary/aromatic N) is 3. The van der Waals surface area contributed by atoms with Crippen molar-refractivity contribution >= 4 is 22.7 Å². The zero-order chi connectivity index (χ0) is 21.4. The molecular weight excluding hydrogens is 406 g/mol. The minimum atomic E-state index is -0.381. The number of ether oxygens (including phenoxy) is 1. The van der Waals surface area contributed by atoms with Crippen LogP contribution in [0.1, 0.15) is 28.3 Å². The number of aromatic amines is 1. The van der Waals surface area contributed by atoms with Crippen LogP contribution >= 0.6 is 11.8 Å². The highest BCUT2D eigenvalue weighted by atomic mass is 32.2. The summed E-state index contributed by atoms with van der Waals surface area (Å²) in [5.41, 5.74) is 11.3. The first-order valence-electron chi connectivity index (χ1n) is 9.83. The van der Waals surface area contributed by atoms with E-state index in [2.05, 4.69) is 52.4 Å². The van der Waals surface area contributed by atoms with Gasteiger partial charge in [0, 0.05) is 22.2 Å². The number of fused-ring (bicyclic) bond motifs is 2. The first-order chi connectivity index (χ1) is 15.2. The van der Waals surface area contributed by atoms with Crippen LogP contribution in [0.5, 0.6) is 5.88 Å². The molecule has 3 N–H and O–H groups in total. The molecule has 5 rings (SSSR count). The number of para-hydroxylation sites is 1. The number of allylic oxidation sites excluding steroid dienone is 1. The van der Waals surface area contributed by atoms with E-state index < -0.39 is 0 Å². The minimum absolute atomic E-state index is 0.0881. The molecular formula is C24H19N5OS. The average Bonchev–Trinajstić information content (AvgIpc) is 3.19. The van der Waals surface area contributed by atoms with Crippen LogP contribution in [0.25, 0.3) is 10.9 Å². The van der Waals surface area contributed by atoms with E-state index in [-0.39, 0.29) is 11.8 Å². The third-order valence-electron chi connectivity index (χ3n) is 5.42. The number of nitrogens with two attached hydrogens (primary N) is 1. The molecule has 7 heteroatoms. The van der Waals surface area contributed by atoms with Gasteiger partial charge in [-0.25, -0.2) is 0 Å². The van der Waals surface area contributed by atoms with Gasteiger partial charge in [-0.1, -0.05) is 35.9 Å². The maximum Gasteiger partial charge on any atom is 0.244 e. The summed E-state index contributed by atoms with van der Waals surface area (Å²) in [4.78, 5) is 5.63. The molecule has 31 heavy (non-hydrogen) atoms. The van der Waals surface area contributed by atoms with Crippen molar-refractivity contribution in [1.82, 2.24) is 15.2 Å². The summed E-state index contributed by atoms with van der Waals surface area (Å²) in [5.74, 6) is 0.786. The van der Waals surface area contributed by atoms with Crippen molar-refractivity contribution in [3.63, 3.8) is 0 Å². The Morgan fingerprint density at radius 2 is 1.97 bits per heavy atom. The van der Waals surface area contributed by atoms with Gasteiger partial charge in [-0.05, 0) is 36.8 Å². The Bertz CT molecular complexity index is 1350. The van der Waals surface area contributed by atoms with Gasteiger partial charge < -0.3 is 10.5 Å². The lowest BCUT2D eigenvalue weighted by atomic mass is 9.83. The summed E-state index contributed by atoms with van der Waals surface area (Å²) in [7, 11) is 0. The van der Waals surface area contributed by atoms with E-state index in [1.165, 1.54) is 5.56 Å². The molecule has 0 bridgehead atoms. The quantitative estimate of drug-likeness (QED) is 0.457. The van der Waals surface area contributed by atoms with Crippen molar-refractivity contribution in [1.29, 1.82) is 5.26 Å². The van der Waals surface area contributed by atoms with Crippen molar-refractivity contribution in [2.24, 2.45) is 5.73 Å². The summed E-state index contributed by atoms with van der Waals surface area (Å²) in [6.07, 6.45) is 1.76. The van der Waals surface area contributed by atoms with Crippen LogP contribution < -0.4 is 10.5 Å². The van der Waals surface area contributed by atoms with E-state index in [4.69, 9.17) is 10.5 Å². The van der Waals surface area contributed by atoms with E-state index >= 15 is 0 Å². The fraction of sp³-hybridized carbons (Fsp3) is 0.125. The summed E-state index contributed by atoms with van der Waals surface area (Å²) in [6.45, 7) is 2.07.